The Morgan fingerprint density at radius 1 is 1.40 bits per heavy atom. The standard InChI is InChI=1S/C21H33NO3/c1-5-18-19-14(2)11-15(3)21(12-24-18,16(19)4)13-25-20(23)22-17-9-7-6-8-10-17/h5,11,15-19H,1,6-10,12-13H2,2-4H3,(H,22,23)/t15-,16-,18+,19+,21-/m1/s1. The number of carbonyl (C=O) groups is 1. The minimum atomic E-state index is -0.269. The maximum absolute atomic E-state index is 12.3. The van der Waals surface area contributed by atoms with Crippen molar-refractivity contribution in [3.05, 3.63) is 24.3 Å². The van der Waals surface area contributed by atoms with Crippen molar-refractivity contribution < 1.29 is 14.3 Å². The molecule has 2 bridgehead atoms. The van der Waals surface area contributed by atoms with Crippen molar-refractivity contribution in [2.45, 2.75) is 65.0 Å². The van der Waals surface area contributed by atoms with Gasteiger partial charge >= 0.3 is 6.09 Å². The monoisotopic (exact) mass is 347 g/mol. The summed E-state index contributed by atoms with van der Waals surface area (Å²) >= 11 is 0. The van der Waals surface area contributed by atoms with E-state index in [1.807, 2.05) is 6.08 Å². The normalized spacial score (nSPS) is 38.6. The van der Waals surface area contributed by atoms with Gasteiger partial charge in [0, 0.05) is 17.4 Å². The highest BCUT2D eigenvalue weighted by molar-refractivity contribution is 5.67. The first-order valence-corrected chi connectivity index (χ1v) is 9.83. The average Bonchev–Trinajstić information content (AvgIpc) is 2.59. The molecule has 25 heavy (non-hydrogen) atoms. The number of hydrogen-bond acceptors (Lipinski definition) is 3. The van der Waals surface area contributed by atoms with Crippen LogP contribution >= 0.6 is 0 Å². The summed E-state index contributed by atoms with van der Waals surface area (Å²) < 4.78 is 11.8. The predicted molar refractivity (Wildman–Crippen MR) is 99.3 cm³/mol. The molecule has 1 heterocycles. The number of amides is 1. The summed E-state index contributed by atoms with van der Waals surface area (Å²) in [7, 11) is 0. The van der Waals surface area contributed by atoms with Gasteiger partial charge in [-0.15, -0.1) is 6.58 Å². The Labute approximate surface area is 152 Å². The van der Waals surface area contributed by atoms with Crippen molar-refractivity contribution in [3.8, 4) is 0 Å². The van der Waals surface area contributed by atoms with E-state index in [-0.39, 0.29) is 23.7 Å². The highest BCUT2D eigenvalue weighted by Gasteiger charge is 2.53. The second-order valence-electron chi connectivity index (χ2n) is 8.31. The van der Waals surface area contributed by atoms with E-state index >= 15 is 0 Å². The van der Waals surface area contributed by atoms with Crippen LogP contribution in [0.25, 0.3) is 0 Å². The van der Waals surface area contributed by atoms with Gasteiger partial charge < -0.3 is 14.8 Å². The lowest BCUT2D eigenvalue weighted by molar-refractivity contribution is -0.149. The summed E-state index contributed by atoms with van der Waals surface area (Å²) in [5.41, 5.74) is 1.22. The maximum atomic E-state index is 12.3. The van der Waals surface area contributed by atoms with Crippen LogP contribution in [0.5, 0.6) is 0 Å². The van der Waals surface area contributed by atoms with Gasteiger partial charge in [-0.1, -0.05) is 50.8 Å². The van der Waals surface area contributed by atoms with Crippen molar-refractivity contribution >= 4 is 6.09 Å². The number of ether oxygens (including phenoxy) is 2. The number of carbonyl (C=O) groups excluding carboxylic acids is 1. The lowest BCUT2D eigenvalue weighted by atomic mass is 9.56. The minimum absolute atomic E-state index is 0.0583. The van der Waals surface area contributed by atoms with Crippen LogP contribution in [0.3, 0.4) is 0 Å². The van der Waals surface area contributed by atoms with Crippen LogP contribution in [0.1, 0.15) is 52.9 Å². The Morgan fingerprint density at radius 2 is 2.12 bits per heavy atom. The summed E-state index contributed by atoms with van der Waals surface area (Å²) in [5.74, 6) is 1.05. The zero-order valence-electron chi connectivity index (χ0n) is 15.9. The first-order chi connectivity index (χ1) is 12.0. The fourth-order valence-electron chi connectivity index (χ4n) is 5.17. The molecule has 1 saturated heterocycles. The fraction of sp³-hybridized carbons (Fsp3) is 0.762. The second-order valence-corrected chi connectivity index (χ2v) is 8.31. The van der Waals surface area contributed by atoms with Gasteiger partial charge in [0.05, 0.1) is 12.7 Å². The Balaban J connectivity index is 1.66. The molecule has 0 aromatic rings. The molecule has 0 unspecified atom stereocenters. The topological polar surface area (TPSA) is 47.6 Å². The highest BCUT2D eigenvalue weighted by Crippen LogP contribution is 2.52. The quantitative estimate of drug-likeness (QED) is 0.764. The molecule has 5 atom stereocenters. The van der Waals surface area contributed by atoms with E-state index in [1.165, 1.54) is 24.8 Å². The molecule has 4 heteroatoms. The predicted octanol–water partition coefficient (Wildman–Crippen LogP) is 4.46. The molecular formula is C21H33NO3. The lowest BCUT2D eigenvalue weighted by Crippen LogP contribution is -2.56. The van der Waals surface area contributed by atoms with E-state index < -0.39 is 0 Å². The van der Waals surface area contributed by atoms with Gasteiger partial charge in [-0.3, -0.25) is 0 Å². The molecule has 0 aromatic heterocycles. The number of allylic oxidation sites excluding steroid dienone is 1. The summed E-state index contributed by atoms with van der Waals surface area (Å²) in [6.45, 7) is 11.6. The van der Waals surface area contributed by atoms with Crippen LogP contribution in [0.15, 0.2) is 24.3 Å². The van der Waals surface area contributed by atoms with Crippen LogP contribution in [0, 0.1) is 23.2 Å². The molecular weight excluding hydrogens is 314 g/mol. The zero-order valence-corrected chi connectivity index (χ0v) is 15.9. The van der Waals surface area contributed by atoms with Crippen LogP contribution in [-0.2, 0) is 9.47 Å². The van der Waals surface area contributed by atoms with Gasteiger partial charge in [-0.05, 0) is 31.6 Å². The Hall–Kier alpha value is -1.29. The summed E-state index contributed by atoms with van der Waals surface area (Å²) in [5, 5.41) is 3.05. The summed E-state index contributed by atoms with van der Waals surface area (Å²) in [6, 6.07) is 0.280. The molecule has 1 aliphatic heterocycles. The van der Waals surface area contributed by atoms with E-state index in [2.05, 4.69) is 38.7 Å². The molecule has 0 spiro atoms. The smallest absolute Gasteiger partial charge is 0.407 e. The number of alkyl carbamates (subject to hydrolysis) is 1. The molecule has 1 N–H and O–H groups in total. The summed E-state index contributed by atoms with van der Waals surface area (Å²) in [4.78, 5) is 12.3. The van der Waals surface area contributed by atoms with Crippen molar-refractivity contribution in [2.24, 2.45) is 23.2 Å². The third-order valence-corrected chi connectivity index (χ3v) is 6.92. The van der Waals surface area contributed by atoms with Crippen molar-refractivity contribution in [3.63, 3.8) is 0 Å². The number of hydrogen-bond donors (Lipinski definition) is 1. The average molecular weight is 347 g/mol. The first kappa shape index (κ1) is 18.5. The second kappa shape index (κ2) is 7.53. The van der Waals surface area contributed by atoms with Crippen LogP contribution in [0.4, 0.5) is 4.79 Å². The van der Waals surface area contributed by atoms with E-state index in [1.54, 1.807) is 0 Å². The Bertz CT molecular complexity index is 537. The highest BCUT2D eigenvalue weighted by atomic mass is 16.6. The van der Waals surface area contributed by atoms with Gasteiger partial charge in [-0.2, -0.15) is 0 Å². The molecule has 0 aromatic carbocycles. The number of rotatable bonds is 4. The Morgan fingerprint density at radius 3 is 2.80 bits per heavy atom. The molecule has 4 nitrogen and oxygen atoms in total. The van der Waals surface area contributed by atoms with E-state index in [0.717, 1.165) is 12.8 Å². The third kappa shape index (κ3) is 3.51. The molecule has 3 aliphatic rings. The SMILES string of the molecule is C=C[C@@H]1OC[C@@]2(COC(=O)NC3CCCCC3)[C@H](C)C=C(C)[C@H]1[C@H]2C. The molecule has 3 rings (SSSR count). The zero-order chi connectivity index (χ0) is 18.0. The third-order valence-electron chi connectivity index (χ3n) is 6.92. The molecule has 1 amide bonds. The van der Waals surface area contributed by atoms with Crippen LogP contribution in [-0.4, -0.2) is 31.5 Å². The maximum Gasteiger partial charge on any atom is 0.407 e. The van der Waals surface area contributed by atoms with Crippen molar-refractivity contribution in [2.75, 3.05) is 13.2 Å². The fourth-order valence-corrected chi connectivity index (χ4v) is 5.17. The largest absolute Gasteiger partial charge is 0.449 e. The van der Waals surface area contributed by atoms with Gasteiger partial charge in [0.25, 0.3) is 0 Å². The van der Waals surface area contributed by atoms with E-state index in [9.17, 15) is 4.79 Å². The molecule has 1 saturated carbocycles. The molecule has 0 radical (unpaired) electrons. The van der Waals surface area contributed by atoms with Gasteiger partial charge in [0.1, 0.15) is 6.61 Å². The minimum Gasteiger partial charge on any atom is -0.449 e. The summed E-state index contributed by atoms with van der Waals surface area (Å²) in [6.07, 6.45) is 9.86. The first-order valence-electron chi connectivity index (χ1n) is 9.83. The Kier molecular flexibility index (Phi) is 5.57. The molecule has 140 valence electrons. The van der Waals surface area contributed by atoms with E-state index in [4.69, 9.17) is 9.47 Å². The van der Waals surface area contributed by atoms with Crippen LogP contribution in [0.2, 0.25) is 0 Å². The number of nitrogens with one attached hydrogen (secondary N) is 1. The lowest BCUT2D eigenvalue weighted by Gasteiger charge is -2.54. The van der Waals surface area contributed by atoms with Gasteiger partial charge in [-0.25, -0.2) is 4.79 Å². The molecule has 2 fully saturated rings. The molecule has 2 aliphatic carbocycles. The van der Waals surface area contributed by atoms with Gasteiger partial charge in [0.2, 0.25) is 0 Å². The van der Waals surface area contributed by atoms with Crippen molar-refractivity contribution in [1.29, 1.82) is 0 Å². The van der Waals surface area contributed by atoms with Crippen molar-refractivity contribution in [1.82, 2.24) is 5.32 Å². The van der Waals surface area contributed by atoms with E-state index in [0.29, 0.717) is 31.0 Å². The van der Waals surface area contributed by atoms with Gasteiger partial charge in [0.15, 0.2) is 0 Å². The van der Waals surface area contributed by atoms with Crippen LogP contribution < -0.4 is 5.32 Å². The number of fused-ring (bicyclic) bond motifs is 2.